The van der Waals surface area contributed by atoms with E-state index in [9.17, 15) is 10.1 Å². The van der Waals surface area contributed by atoms with Gasteiger partial charge in [-0.3, -0.25) is 10.1 Å². The van der Waals surface area contributed by atoms with Crippen LogP contribution in [0.2, 0.25) is 0 Å². The number of non-ortho nitro benzene ring substituents is 1. The largest absolute Gasteiger partial charge is 0.436 e. The van der Waals surface area contributed by atoms with Crippen molar-refractivity contribution in [2.24, 2.45) is 0 Å². The maximum Gasteiger partial charge on any atom is 0.271 e. The van der Waals surface area contributed by atoms with Gasteiger partial charge in [0.05, 0.1) is 4.92 Å². The molecular formula is C16H14N2O3. The second-order valence-corrected chi connectivity index (χ2v) is 5.20. The lowest BCUT2D eigenvalue weighted by Gasteiger charge is -2.04. The van der Waals surface area contributed by atoms with E-state index in [4.69, 9.17) is 4.42 Å². The second-order valence-electron chi connectivity index (χ2n) is 5.20. The van der Waals surface area contributed by atoms with Gasteiger partial charge in [0.2, 0.25) is 5.89 Å². The number of aromatic nitrogens is 1. The minimum Gasteiger partial charge on any atom is -0.436 e. The van der Waals surface area contributed by atoms with Crippen molar-refractivity contribution in [1.29, 1.82) is 0 Å². The molecule has 2 aromatic carbocycles. The van der Waals surface area contributed by atoms with Crippen molar-refractivity contribution >= 4 is 16.8 Å². The van der Waals surface area contributed by atoms with Crippen LogP contribution in [-0.2, 0) is 0 Å². The fraction of sp³-hybridized carbons (Fsp3) is 0.188. The maximum absolute atomic E-state index is 10.8. The smallest absolute Gasteiger partial charge is 0.271 e. The number of fused-ring (bicyclic) bond motifs is 1. The average molecular weight is 282 g/mol. The predicted molar refractivity (Wildman–Crippen MR) is 80.2 cm³/mol. The molecule has 5 nitrogen and oxygen atoms in total. The van der Waals surface area contributed by atoms with Crippen LogP contribution in [0.5, 0.6) is 0 Å². The molecule has 0 aliphatic heterocycles. The molecule has 0 spiro atoms. The highest BCUT2D eigenvalue weighted by Crippen LogP contribution is 2.27. The third kappa shape index (κ3) is 2.50. The Morgan fingerprint density at radius 1 is 1.14 bits per heavy atom. The number of benzene rings is 2. The van der Waals surface area contributed by atoms with Crippen molar-refractivity contribution in [3.63, 3.8) is 0 Å². The molecule has 1 heterocycles. The van der Waals surface area contributed by atoms with Gasteiger partial charge in [0, 0.05) is 17.7 Å². The van der Waals surface area contributed by atoms with Gasteiger partial charge in [-0.05, 0) is 29.7 Å². The van der Waals surface area contributed by atoms with Crippen LogP contribution in [0.15, 0.2) is 46.9 Å². The summed E-state index contributed by atoms with van der Waals surface area (Å²) < 4.78 is 5.66. The normalized spacial score (nSPS) is 11.2. The molecule has 5 heteroatoms. The maximum atomic E-state index is 10.8. The molecule has 0 amide bonds. The fourth-order valence-electron chi connectivity index (χ4n) is 2.16. The van der Waals surface area contributed by atoms with Crippen molar-refractivity contribution in [1.82, 2.24) is 4.98 Å². The summed E-state index contributed by atoms with van der Waals surface area (Å²) in [5.74, 6) is 0.936. The molecule has 0 radical (unpaired) electrons. The summed E-state index contributed by atoms with van der Waals surface area (Å²) in [6.07, 6.45) is 0. The second kappa shape index (κ2) is 5.01. The van der Waals surface area contributed by atoms with Gasteiger partial charge < -0.3 is 4.42 Å². The zero-order valence-corrected chi connectivity index (χ0v) is 11.7. The Morgan fingerprint density at radius 3 is 2.48 bits per heavy atom. The zero-order chi connectivity index (χ0) is 15.0. The Bertz CT molecular complexity index is 804. The molecule has 0 N–H and O–H groups in total. The van der Waals surface area contributed by atoms with Crippen molar-refractivity contribution in [3.05, 3.63) is 58.1 Å². The molecule has 1 aromatic heterocycles. The van der Waals surface area contributed by atoms with E-state index in [1.54, 1.807) is 6.07 Å². The number of hydrogen-bond acceptors (Lipinski definition) is 4. The molecule has 0 saturated heterocycles. The molecule has 0 fully saturated rings. The Balaban J connectivity index is 2.02. The molecule has 106 valence electrons. The molecule has 0 unspecified atom stereocenters. The minimum atomic E-state index is -0.439. The van der Waals surface area contributed by atoms with Gasteiger partial charge in [-0.15, -0.1) is 0 Å². The molecule has 3 rings (SSSR count). The topological polar surface area (TPSA) is 69.2 Å². The first-order valence-electron chi connectivity index (χ1n) is 6.70. The fourth-order valence-corrected chi connectivity index (χ4v) is 2.16. The van der Waals surface area contributed by atoms with Gasteiger partial charge in [-0.25, -0.2) is 4.98 Å². The quantitative estimate of drug-likeness (QED) is 0.523. The first-order chi connectivity index (χ1) is 10.0. The number of oxazole rings is 1. The van der Waals surface area contributed by atoms with Gasteiger partial charge >= 0.3 is 0 Å². The van der Waals surface area contributed by atoms with Crippen molar-refractivity contribution < 1.29 is 9.34 Å². The van der Waals surface area contributed by atoms with Gasteiger partial charge in [0.15, 0.2) is 5.58 Å². The van der Waals surface area contributed by atoms with E-state index in [-0.39, 0.29) is 5.69 Å². The summed E-state index contributed by atoms with van der Waals surface area (Å²) in [5, 5.41) is 10.8. The molecular weight excluding hydrogens is 268 g/mol. The number of nitro groups is 1. The lowest BCUT2D eigenvalue weighted by molar-refractivity contribution is -0.384. The third-order valence-electron chi connectivity index (χ3n) is 3.41. The summed E-state index contributed by atoms with van der Waals surface area (Å²) in [6.45, 7) is 4.27. The molecule has 3 aromatic rings. The Hall–Kier alpha value is -2.69. The summed E-state index contributed by atoms with van der Waals surface area (Å²) in [5.41, 5.74) is 3.15. The number of rotatable bonds is 3. The minimum absolute atomic E-state index is 0.0116. The van der Waals surface area contributed by atoms with E-state index in [0.717, 1.165) is 5.56 Å². The van der Waals surface area contributed by atoms with Crippen LogP contribution in [0.4, 0.5) is 5.69 Å². The SMILES string of the molecule is CC(C)c1ccc(-c2nc3cc([N+](=O)[O-])ccc3o2)cc1. The lowest BCUT2D eigenvalue weighted by atomic mass is 10.0. The molecule has 21 heavy (non-hydrogen) atoms. The van der Waals surface area contributed by atoms with E-state index in [2.05, 4.69) is 18.8 Å². The summed E-state index contributed by atoms with van der Waals surface area (Å²) >= 11 is 0. The van der Waals surface area contributed by atoms with Crippen LogP contribution in [0.25, 0.3) is 22.6 Å². The summed E-state index contributed by atoms with van der Waals surface area (Å²) in [7, 11) is 0. The molecule has 0 aliphatic carbocycles. The van der Waals surface area contributed by atoms with Gasteiger partial charge in [-0.1, -0.05) is 26.0 Å². The van der Waals surface area contributed by atoms with Gasteiger partial charge in [0.1, 0.15) is 5.52 Å². The van der Waals surface area contributed by atoms with Crippen LogP contribution in [0, 0.1) is 10.1 Å². The molecule has 0 bridgehead atoms. The monoisotopic (exact) mass is 282 g/mol. The number of nitro benzene ring substituents is 1. The zero-order valence-electron chi connectivity index (χ0n) is 11.7. The van der Waals surface area contributed by atoms with Crippen molar-refractivity contribution in [3.8, 4) is 11.5 Å². The van der Waals surface area contributed by atoms with Crippen molar-refractivity contribution in [2.45, 2.75) is 19.8 Å². The van der Waals surface area contributed by atoms with E-state index >= 15 is 0 Å². The third-order valence-corrected chi connectivity index (χ3v) is 3.41. The number of hydrogen-bond donors (Lipinski definition) is 0. The summed E-state index contributed by atoms with van der Waals surface area (Å²) in [4.78, 5) is 14.7. The molecule has 0 aliphatic rings. The highest BCUT2D eigenvalue weighted by atomic mass is 16.6. The van der Waals surface area contributed by atoms with Gasteiger partial charge in [0.25, 0.3) is 5.69 Å². The van der Waals surface area contributed by atoms with E-state index in [0.29, 0.717) is 22.9 Å². The highest BCUT2D eigenvalue weighted by molar-refractivity contribution is 5.78. The average Bonchev–Trinajstić information content (AvgIpc) is 2.90. The first kappa shape index (κ1) is 13.3. The Labute approximate surface area is 121 Å². The van der Waals surface area contributed by atoms with Crippen LogP contribution >= 0.6 is 0 Å². The van der Waals surface area contributed by atoms with Gasteiger partial charge in [-0.2, -0.15) is 0 Å². The lowest BCUT2D eigenvalue weighted by Crippen LogP contribution is -1.87. The van der Waals surface area contributed by atoms with E-state index < -0.39 is 4.92 Å². The Morgan fingerprint density at radius 2 is 1.86 bits per heavy atom. The number of nitrogens with zero attached hydrogens (tertiary/aromatic N) is 2. The highest BCUT2D eigenvalue weighted by Gasteiger charge is 2.13. The molecule has 0 atom stereocenters. The van der Waals surface area contributed by atoms with Crippen LogP contribution in [-0.4, -0.2) is 9.91 Å². The van der Waals surface area contributed by atoms with Crippen LogP contribution in [0.3, 0.4) is 0 Å². The first-order valence-corrected chi connectivity index (χ1v) is 6.70. The van der Waals surface area contributed by atoms with Crippen LogP contribution < -0.4 is 0 Å². The van der Waals surface area contributed by atoms with E-state index in [1.807, 2.05) is 24.3 Å². The standard InChI is InChI=1S/C16H14N2O3/c1-10(2)11-3-5-12(6-4-11)16-17-14-9-13(18(19)20)7-8-15(14)21-16/h3-10H,1-2H3. The summed E-state index contributed by atoms with van der Waals surface area (Å²) in [6, 6.07) is 12.4. The van der Waals surface area contributed by atoms with E-state index in [1.165, 1.54) is 17.7 Å². The predicted octanol–water partition coefficient (Wildman–Crippen LogP) is 4.53. The Kier molecular flexibility index (Phi) is 3.17. The van der Waals surface area contributed by atoms with Crippen LogP contribution in [0.1, 0.15) is 25.3 Å². The molecule has 0 saturated carbocycles. The van der Waals surface area contributed by atoms with Crippen molar-refractivity contribution in [2.75, 3.05) is 0 Å².